The molecule has 0 spiro atoms. The Morgan fingerprint density at radius 3 is 2.08 bits per heavy atom. The van der Waals surface area contributed by atoms with Gasteiger partial charge in [0.05, 0.1) is 10.6 Å². The summed E-state index contributed by atoms with van der Waals surface area (Å²) in [5.74, 6) is -0.758. The number of nitrogens with one attached hydrogen (secondary N) is 1. The van der Waals surface area contributed by atoms with Crippen LogP contribution in [0, 0.1) is 13.8 Å². The van der Waals surface area contributed by atoms with E-state index in [4.69, 9.17) is 0 Å². The van der Waals surface area contributed by atoms with Crippen LogP contribution in [0.15, 0.2) is 82.2 Å². The quantitative estimate of drug-likeness (QED) is 0.299. The molecular formula is C31H38BrN3O4S. The first-order valence-corrected chi connectivity index (χ1v) is 15.5. The van der Waals surface area contributed by atoms with E-state index in [1.165, 1.54) is 17.0 Å². The van der Waals surface area contributed by atoms with Gasteiger partial charge in [-0.25, -0.2) is 8.42 Å². The molecule has 0 fully saturated rings. The molecule has 0 aliphatic carbocycles. The Balaban J connectivity index is 2.08. The molecule has 0 aromatic heterocycles. The van der Waals surface area contributed by atoms with Crippen molar-refractivity contribution in [1.29, 1.82) is 0 Å². The summed E-state index contributed by atoms with van der Waals surface area (Å²) in [6.45, 7) is 11.0. The zero-order chi connectivity index (χ0) is 29.7. The summed E-state index contributed by atoms with van der Waals surface area (Å²) in [6, 6.07) is 20.2. The van der Waals surface area contributed by atoms with Gasteiger partial charge in [0.15, 0.2) is 0 Å². The first-order chi connectivity index (χ1) is 18.7. The molecule has 40 heavy (non-hydrogen) atoms. The van der Waals surface area contributed by atoms with E-state index < -0.39 is 34.1 Å². The Morgan fingerprint density at radius 1 is 0.925 bits per heavy atom. The molecule has 0 radical (unpaired) electrons. The number of anilines is 1. The van der Waals surface area contributed by atoms with E-state index in [9.17, 15) is 18.0 Å². The largest absolute Gasteiger partial charge is 0.350 e. The van der Waals surface area contributed by atoms with Crippen molar-refractivity contribution in [3.63, 3.8) is 0 Å². The maximum atomic E-state index is 14.1. The molecule has 3 aromatic rings. The van der Waals surface area contributed by atoms with Crippen molar-refractivity contribution in [1.82, 2.24) is 10.2 Å². The van der Waals surface area contributed by atoms with E-state index in [1.54, 1.807) is 36.4 Å². The number of nitrogens with zero attached hydrogens (tertiary/aromatic N) is 2. The topological polar surface area (TPSA) is 86.8 Å². The van der Waals surface area contributed by atoms with Crippen LogP contribution in [0.25, 0.3) is 0 Å². The van der Waals surface area contributed by atoms with Crippen LogP contribution in [0.1, 0.15) is 50.8 Å². The highest BCUT2D eigenvalue weighted by molar-refractivity contribution is 9.10. The van der Waals surface area contributed by atoms with Crippen molar-refractivity contribution in [2.45, 2.75) is 71.0 Å². The van der Waals surface area contributed by atoms with Crippen LogP contribution in [0.5, 0.6) is 0 Å². The first kappa shape index (κ1) is 31.4. The molecule has 0 unspecified atom stereocenters. The lowest BCUT2D eigenvalue weighted by Crippen LogP contribution is -2.55. The Bertz CT molecular complexity index is 1430. The van der Waals surface area contributed by atoms with Crippen molar-refractivity contribution < 1.29 is 18.0 Å². The maximum Gasteiger partial charge on any atom is 0.264 e. The van der Waals surface area contributed by atoms with E-state index in [2.05, 4.69) is 21.2 Å². The normalized spacial score (nSPS) is 12.5. The first-order valence-electron chi connectivity index (χ1n) is 13.2. The lowest BCUT2D eigenvalue weighted by atomic mass is 10.0. The predicted molar refractivity (Wildman–Crippen MR) is 164 cm³/mol. The van der Waals surface area contributed by atoms with Crippen molar-refractivity contribution in [3.8, 4) is 0 Å². The van der Waals surface area contributed by atoms with Crippen LogP contribution >= 0.6 is 15.9 Å². The number of halogens is 1. The molecule has 0 aliphatic heterocycles. The zero-order valence-electron chi connectivity index (χ0n) is 23.9. The van der Waals surface area contributed by atoms with Gasteiger partial charge in [-0.2, -0.15) is 0 Å². The number of aryl methyl sites for hydroxylation is 2. The van der Waals surface area contributed by atoms with E-state index in [1.807, 2.05) is 65.8 Å². The van der Waals surface area contributed by atoms with Gasteiger partial charge in [0, 0.05) is 16.6 Å². The number of benzene rings is 3. The maximum absolute atomic E-state index is 14.1. The smallest absolute Gasteiger partial charge is 0.264 e. The van der Waals surface area contributed by atoms with Crippen LogP contribution < -0.4 is 9.62 Å². The summed E-state index contributed by atoms with van der Waals surface area (Å²) in [5, 5.41) is 2.99. The molecule has 3 aromatic carbocycles. The molecule has 3 rings (SSSR count). The van der Waals surface area contributed by atoms with Gasteiger partial charge in [0.2, 0.25) is 11.8 Å². The average Bonchev–Trinajstić information content (AvgIpc) is 2.88. The average molecular weight is 629 g/mol. The highest BCUT2D eigenvalue weighted by Crippen LogP contribution is 2.27. The highest BCUT2D eigenvalue weighted by Gasteiger charge is 2.34. The SMILES string of the molecule is CC[C@H](C(=O)NC(C)(C)C)N(Cc1ccccc1C)C(=O)CN(c1ccc(Br)cc1)S(=O)(=O)c1ccc(C)cc1. The van der Waals surface area contributed by atoms with Gasteiger partial charge < -0.3 is 10.2 Å². The highest BCUT2D eigenvalue weighted by atomic mass is 79.9. The standard InChI is InChI=1S/C31H38BrN3O4S/c1-7-28(30(37)33-31(4,5)6)34(20-24-11-9-8-10-23(24)3)29(36)21-35(26-16-14-25(32)15-17-26)40(38,39)27-18-12-22(2)13-19-27/h8-19,28H,7,20-21H2,1-6H3,(H,33,37)/t28-/m1/s1. The van der Waals surface area contributed by atoms with Crippen molar-refractivity contribution in [2.75, 3.05) is 10.8 Å². The van der Waals surface area contributed by atoms with E-state index in [-0.39, 0.29) is 17.3 Å². The van der Waals surface area contributed by atoms with Crippen molar-refractivity contribution in [3.05, 3.63) is 94.0 Å². The fourth-order valence-electron chi connectivity index (χ4n) is 4.32. The van der Waals surface area contributed by atoms with Gasteiger partial charge in [-0.15, -0.1) is 0 Å². The number of rotatable bonds is 10. The Morgan fingerprint density at radius 2 is 1.52 bits per heavy atom. The van der Waals surface area contributed by atoms with E-state index in [0.717, 1.165) is 25.5 Å². The van der Waals surface area contributed by atoms with Crippen LogP contribution in [-0.2, 0) is 26.2 Å². The molecule has 0 saturated carbocycles. The zero-order valence-corrected chi connectivity index (χ0v) is 26.3. The summed E-state index contributed by atoms with van der Waals surface area (Å²) in [6.07, 6.45) is 0.364. The third kappa shape index (κ3) is 7.95. The second-order valence-electron chi connectivity index (χ2n) is 10.9. The third-order valence-corrected chi connectivity index (χ3v) is 8.81. The van der Waals surface area contributed by atoms with Crippen LogP contribution in [-0.4, -0.2) is 43.3 Å². The molecule has 0 aliphatic rings. The van der Waals surface area contributed by atoms with Crippen LogP contribution in [0.3, 0.4) is 0 Å². The molecule has 1 atom stereocenters. The number of hydrogen-bond donors (Lipinski definition) is 1. The summed E-state index contributed by atoms with van der Waals surface area (Å²) < 4.78 is 29.7. The molecule has 0 saturated heterocycles. The van der Waals surface area contributed by atoms with Gasteiger partial charge in [0.25, 0.3) is 10.0 Å². The fourth-order valence-corrected chi connectivity index (χ4v) is 6.00. The second kappa shape index (κ2) is 13.0. The molecule has 7 nitrogen and oxygen atoms in total. The van der Waals surface area contributed by atoms with Gasteiger partial charge >= 0.3 is 0 Å². The van der Waals surface area contributed by atoms with Crippen LogP contribution in [0.2, 0.25) is 0 Å². The molecule has 2 amide bonds. The summed E-state index contributed by atoms with van der Waals surface area (Å²) in [5.41, 5.74) is 2.63. The summed E-state index contributed by atoms with van der Waals surface area (Å²) >= 11 is 3.40. The third-order valence-electron chi connectivity index (χ3n) is 6.49. The van der Waals surface area contributed by atoms with Crippen molar-refractivity contribution in [2.24, 2.45) is 0 Å². The summed E-state index contributed by atoms with van der Waals surface area (Å²) in [4.78, 5) is 29.1. The molecule has 0 bridgehead atoms. The number of hydrogen-bond acceptors (Lipinski definition) is 4. The number of carbonyl (C=O) groups excluding carboxylic acids is 2. The summed E-state index contributed by atoms with van der Waals surface area (Å²) in [7, 11) is -4.10. The van der Waals surface area contributed by atoms with Gasteiger partial charge in [0.1, 0.15) is 12.6 Å². The fraction of sp³-hybridized carbons (Fsp3) is 0.355. The Hall–Kier alpha value is -3.17. The van der Waals surface area contributed by atoms with Gasteiger partial charge in [-0.3, -0.25) is 13.9 Å². The lowest BCUT2D eigenvalue weighted by Gasteiger charge is -2.35. The van der Waals surface area contributed by atoms with Gasteiger partial charge in [-0.1, -0.05) is 64.8 Å². The van der Waals surface area contributed by atoms with E-state index >= 15 is 0 Å². The van der Waals surface area contributed by atoms with Crippen molar-refractivity contribution >= 4 is 43.5 Å². The number of sulfonamides is 1. The Kier molecular flexibility index (Phi) is 10.2. The number of carbonyl (C=O) groups is 2. The molecule has 1 N–H and O–H groups in total. The molecule has 214 valence electrons. The van der Waals surface area contributed by atoms with Gasteiger partial charge in [-0.05, 0) is 88.6 Å². The minimum atomic E-state index is -4.10. The van der Waals surface area contributed by atoms with E-state index in [0.29, 0.717) is 12.1 Å². The predicted octanol–water partition coefficient (Wildman–Crippen LogP) is 5.98. The minimum Gasteiger partial charge on any atom is -0.350 e. The minimum absolute atomic E-state index is 0.0804. The molecule has 0 heterocycles. The lowest BCUT2D eigenvalue weighted by molar-refractivity contribution is -0.141. The molecular weight excluding hydrogens is 590 g/mol. The van der Waals surface area contributed by atoms with Crippen LogP contribution in [0.4, 0.5) is 5.69 Å². The number of amides is 2. The monoisotopic (exact) mass is 627 g/mol. The Labute approximate surface area is 246 Å². The second-order valence-corrected chi connectivity index (χ2v) is 13.7. The molecule has 9 heteroatoms.